The van der Waals surface area contributed by atoms with Crippen molar-refractivity contribution in [2.24, 2.45) is 0 Å². The molecule has 0 saturated carbocycles. The molecule has 4 rings (SSSR count). The van der Waals surface area contributed by atoms with E-state index in [0.717, 1.165) is 35.3 Å². The molecule has 0 atom stereocenters. The van der Waals surface area contributed by atoms with Gasteiger partial charge in [0.1, 0.15) is 37.3 Å². The van der Waals surface area contributed by atoms with Gasteiger partial charge in [0.15, 0.2) is 0 Å². The molecular weight excluding hydrogens is 404 g/mol. The predicted octanol–water partition coefficient (Wildman–Crippen LogP) is 4.93. The van der Waals surface area contributed by atoms with Gasteiger partial charge >= 0.3 is 0 Å². The zero-order chi connectivity index (χ0) is 22.2. The predicted molar refractivity (Wildman–Crippen MR) is 120 cm³/mol. The van der Waals surface area contributed by atoms with E-state index in [9.17, 15) is 9.59 Å². The lowest BCUT2D eigenvalue weighted by atomic mass is 10.2. The van der Waals surface area contributed by atoms with E-state index < -0.39 is 0 Å². The molecule has 2 aromatic heterocycles. The highest BCUT2D eigenvalue weighted by molar-refractivity contribution is 5.75. The van der Waals surface area contributed by atoms with Gasteiger partial charge in [-0.15, -0.1) is 0 Å². The Labute approximate surface area is 185 Å². The van der Waals surface area contributed by atoms with E-state index in [1.807, 2.05) is 36.4 Å². The largest absolute Gasteiger partial charge is 0.487 e. The highest BCUT2D eigenvalue weighted by Gasteiger charge is 2.06. The third-order valence-corrected chi connectivity index (χ3v) is 4.68. The number of ether oxygens (including phenoxy) is 2. The standard InChI is InChI=1S/C26H20N2O4/c29-15-19-7-11-23(12-8-19)31-17-21-3-1-5-25(27-21)26-6-2-4-22(28-26)18-32-24-13-9-20(16-30)10-14-24/h1-16H,17-18H2. The second kappa shape index (κ2) is 10.1. The van der Waals surface area contributed by atoms with Crippen molar-refractivity contribution in [1.29, 1.82) is 0 Å². The molecule has 0 amide bonds. The Morgan fingerprint density at radius 2 is 0.969 bits per heavy atom. The first-order valence-electron chi connectivity index (χ1n) is 10.0. The smallest absolute Gasteiger partial charge is 0.150 e. The van der Waals surface area contributed by atoms with E-state index in [2.05, 4.69) is 9.97 Å². The Kier molecular flexibility index (Phi) is 6.63. The van der Waals surface area contributed by atoms with Crippen molar-refractivity contribution >= 4 is 12.6 Å². The van der Waals surface area contributed by atoms with Gasteiger partial charge in [-0.2, -0.15) is 0 Å². The first-order valence-corrected chi connectivity index (χ1v) is 10.0. The molecule has 6 heteroatoms. The highest BCUT2D eigenvalue weighted by Crippen LogP contribution is 2.19. The minimum Gasteiger partial charge on any atom is -0.487 e. The number of carbonyl (C=O) groups is 2. The molecule has 2 heterocycles. The molecule has 2 aromatic carbocycles. The molecule has 0 spiro atoms. The summed E-state index contributed by atoms with van der Waals surface area (Å²) < 4.78 is 11.5. The van der Waals surface area contributed by atoms with E-state index in [-0.39, 0.29) is 0 Å². The first-order chi connectivity index (χ1) is 15.7. The van der Waals surface area contributed by atoms with E-state index in [1.54, 1.807) is 48.5 Å². The van der Waals surface area contributed by atoms with Gasteiger partial charge in [-0.25, -0.2) is 9.97 Å². The molecule has 4 aromatic rings. The van der Waals surface area contributed by atoms with Gasteiger partial charge in [-0.05, 0) is 72.8 Å². The lowest BCUT2D eigenvalue weighted by Crippen LogP contribution is -2.02. The Bertz CT molecular complexity index is 1110. The quantitative estimate of drug-likeness (QED) is 0.355. The van der Waals surface area contributed by atoms with Gasteiger partial charge in [0.2, 0.25) is 0 Å². The van der Waals surface area contributed by atoms with Crippen molar-refractivity contribution in [2.75, 3.05) is 0 Å². The van der Waals surface area contributed by atoms with Crippen LogP contribution < -0.4 is 9.47 Å². The van der Waals surface area contributed by atoms with Crippen molar-refractivity contribution in [2.45, 2.75) is 13.2 Å². The molecule has 0 radical (unpaired) electrons. The summed E-state index contributed by atoms with van der Waals surface area (Å²) in [6, 6.07) is 25.2. The van der Waals surface area contributed by atoms with Gasteiger partial charge in [0.25, 0.3) is 0 Å². The van der Waals surface area contributed by atoms with E-state index in [4.69, 9.17) is 9.47 Å². The molecule has 0 fully saturated rings. The van der Waals surface area contributed by atoms with Crippen LogP contribution in [-0.4, -0.2) is 22.5 Å². The van der Waals surface area contributed by atoms with Gasteiger partial charge in [-0.1, -0.05) is 12.1 Å². The lowest BCUT2D eigenvalue weighted by molar-refractivity contribution is 0.111. The monoisotopic (exact) mass is 424 g/mol. The molecular formula is C26H20N2O4. The summed E-state index contributed by atoms with van der Waals surface area (Å²) in [5.74, 6) is 1.34. The Morgan fingerprint density at radius 3 is 1.34 bits per heavy atom. The fraction of sp³-hybridized carbons (Fsp3) is 0.0769. The average Bonchev–Trinajstić information content (AvgIpc) is 2.87. The summed E-state index contributed by atoms with van der Waals surface area (Å²) >= 11 is 0. The van der Waals surface area contributed by atoms with Crippen molar-refractivity contribution in [3.63, 3.8) is 0 Å². The summed E-state index contributed by atoms with van der Waals surface area (Å²) in [5.41, 5.74) is 4.20. The number of aldehydes is 2. The zero-order valence-corrected chi connectivity index (χ0v) is 17.2. The zero-order valence-electron chi connectivity index (χ0n) is 17.2. The topological polar surface area (TPSA) is 78.4 Å². The molecule has 0 aliphatic heterocycles. The minimum absolute atomic E-state index is 0.299. The van der Waals surface area contributed by atoms with Crippen LogP contribution in [0.4, 0.5) is 0 Å². The molecule has 0 bridgehead atoms. The third kappa shape index (κ3) is 5.43. The van der Waals surface area contributed by atoms with Crippen LogP contribution in [-0.2, 0) is 13.2 Å². The molecule has 0 saturated heterocycles. The number of carbonyl (C=O) groups excluding carboxylic acids is 2. The van der Waals surface area contributed by atoms with Gasteiger partial charge in [0.05, 0.1) is 22.8 Å². The summed E-state index contributed by atoms with van der Waals surface area (Å²) in [4.78, 5) is 30.8. The lowest BCUT2D eigenvalue weighted by Gasteiger charge is -2.09. The normalized spacial score (nSPS) is 10.4. The first kappa shape index (κ1) is 20.9. The molecule has 0 N–H and O–H groups in total. The number of benzene rings is 2. The van der Waals surface area contributed by atoms with Crippen LogP contribution in [0.25, 0.3) is 11.4 Å². The fourth-order valence-corrected chi connectivity index (χ4v) is 3.01. The highest BCUT2D eigenvalue weighted by atomic mass is 16.5. The van der Waals surface area contributed by atoms with Crippen molar-refractivity contribution in [3.8, 4) is 22.9 Å². The second-order valence-electron chi connectivity index (χ2n) is 6.98. The molecule has 32 heavy (non-hydrogen) atoms. The maximum absolute atomic E-state index is 10.8. The molecule has 6 nitrogen and oxygen atoms in total. The van der Waals surface area contributed by atoms with Crippen LogP contribution in [0.5, 0.6) is 11.5 Å². The van der Waals surface area contributed by atoms with Crippen molar-refractivity contribution in [1.82, 2.24) is 9.97 Å². The van der Waals surface area contributed by atoms with Gasteiger partial charge < -0.3 is 9.47 Å². The van der Waals surface area contributed by atoms with Crippen LogP contribution in [0.15, 0.2) is 84.9 Å². The Balaban J connectivity index is 1.41. The number of hydrogen-bond acceptors (Lipinski definition) is 6. The number of hydrogen-bond donors (Lipinski definition) is 0. The second-order valence-corrected chi connectivity index (χ2v) is 6.98. The summed E-state index contributed by atoms with van der Waals surface area (Å²) in [6.45, 7) is 0.599. The van der Waals surface area contributed by atoms with E-state index in [0.29, 0.717) is 35.8 Å². The van der Waals surface area contributed by atoms with Crippen molar-refractivity contribution < 1.29 is 19.1 Å². The van der Waals surface area contributed by atoms with Crippen LogP contribution >= 0.6 is 0 Å². The summed E-state index contributed by atoms with van der Waals surface area (Å²) in [5, 5.41) is 0. The molecule has 0 unspecified atom stereocenters. The van der Waals surface area contributed by atoms with Crippen LogP contribution in [0, 0.1) is 0 Å². The summed E-state index contributed by atoms with van der Waals surface area (Å²) in [6.07, 6.45) is 1.59. The maximum Gasteiger partial charge on any atom is 0.150 e. The fourth-order valence-electron chi connectivity index (χ4n) is 3.01. The van der Waals surface area contributed by atoms with Crippen LogP contribution in [0.1, 0.15) is 32.1 Å². The van der Waals surface area contributed by atoms with Crippen LogP contribution in [0.3, 0.4) is 0 Å². The van der Waals surface area contributed by atoms with E-state index >= 15 is 0 Å². The van der Waals surface area contributed by atoms with Crippen LogP contribution in [0.2, 0.25) is 0 Å². The van der Waals surface area contributed by atoms with E-state index in [1.165, 1.54) is 0 Å². The van der Waals surface area contributed by atoms with Gasteiger partial charge in [-0.3, -0.25) is 9.59 Å². The summed E-state index contributed by atoms with van der Waals surface area (Å²) in [7, 11) is 0. The number of nitrogens with zero attached hydrogens (tertiary/aromatic N) is 2. The molecule has 0 aliphatic rings. The molecule has 0 aliphatic carbocycles. The number of pyridine rings is 2. The number of rotatable bonds is 9. The SMILES string of the molecule is O=Cc1ccc(OCc2cccc(-c3cccc(COc4ccc(C=O)cc4)n3)n2)cc1. The minimum atomic E-state index is 0.299. The maximum atomic E-state index is 10.8. The Morgan fingerprint density at radius 1 is 0.562 bits per heavy atom. The average molecular weight is 424 g/mol. The van der Waals surface area contributed by atoms with Gasteiger partial charge in [0, 0.05) is 11.1 Å². The number of aromatic nitrogens is 2. The Hall–Kier alpha value is -4.32. The molecule has 158 valence electrons. The third-order valence-electron chi connectivity index (χ3n) is 4.68. The van der Waals surface area contributed by atoms with Crippen molar-refractivity contribution in [3.05, 3.63) is 107 Å².